The molecule has 3 N–H and O–H groups in total. The molecule has 4 bridgehead atoms. The van der Waals surface area contributed by atoms with Crippen LogP contribution in [0.15, 0.2) is 0 Å². The van der Waals surface area contributed by atoms with Crippen molar-refractivity contribution >= 4 is 0 Å². The number of ether oxygens (including phenoxy) is 1. The Kier molecular flexibility index (Phi) is 2.94. The zero-order valence-electron chi connectivity index (χ0n) is 10.2. The molecule has 0 heterocycles. The average Bonchev–Trinajstić information content (AvgIpc) is 2.23. The molecule has 0 radical (unpaired) electrons. The summed E-state index contributed by atoms with van der Waals surface area (Å²) in [4.78, 5) is 0. The lowest BCUT2D eigenvalue weighted by atomic mass is 9.55. The van der Waals surface area contributed by atoms with E-state index in [1.807, 2.05) is 0 Å². The van der Waals surface area contributed by atoms with Crippen molar-refractivity contribution in [2.45, 2.75) is 51.2 Å². The van der Waals surface area contributed by atoms with Gasteiger partial charge in [-0.05, 0) is 62.7 Å². The van der Waals surface area contributed by atoms with E-state index in [9.17, 15) is 0 Å². The highest BCUT2D eigenvalue weighted by atomic mass is 16.5. The minimum atomic E-state index is 0.257. The van der Waals surface area contributed by atoms with Crippen molar-refractivity contribution in [1.29, 1.82) is 0 Å². The van der Waals surface area contributed by atoms with Gasteiger partial charge in [-0.15, -0.1) is 0 Å². The zero-order chi connectivity index (χ0) is 11.1. The highest BCUT2D eigenvalue weighted by Gasteiger charge is 2.49. The quantitative estimate of drug-likeness (QED) is 0.564. The Bertz CT molecular complexity index is 228. The van der Waals surface area contributed by atoms with Gasteiger partial charge >= 0.3 is 0 Å². The summed E-state index contributed by atoms with van der Waals surface area (Å²) in [5, 5.41) is 0. The van der Waals surface area contributed by atoms with Crippen LogP contribution in [0.25, 0.3) is 0 Å². The first kappa shape index (κ1) is 11.0. The van der Waals surface area contributed by atoms with Crippen molar-refractivity contribution in [3.63, 3.8) is 0 Å². The summed E-state index contributed by atoms with van der Waals surface area (Å²) >= 11 is 0. The zero-order valence-corrected chi connectivity index (χ0v) is 10.2. The van der Waals surface area contributed by atoms with Crippen molar-refractivity contribution in [3.05, 3.63) is 0 Å². The first-order valence-electron chi connectivity index (χ1n) is 6.85. The molecule has 0 aromatic heterocycles. The van der Waals surface area contributed by atoms with E-state index in [1.54, 1.807) is 0 Å². The minimum Gasteiger partial charge on any atom is -0.373 e. The van der Waals surface area contributed by atoms with Crippen LogP contribution in [-0.2, 0) is 4.74 Å². The molecule has 0 spiro atoms. The molecule has 16 heavy (non-hydrogen) atoms. The summed E-state index contributed by atoms with van der Waals surface area (Å²) in [6.07, 6.45) is 8.03. The summed E-state index contributed by atoms with van der Waals surface area (Å²) in [6, 6.07) is 0. The van der Waals surface area contributed by atoms with E-state index in [1.165, 1.54) is 32.1 Å². The van der Waals surface area contributed by atoms with E-state index < -0.39 is 0 Å². The number of nitrogens with one attached hydrogen (secondary N) is 1. The first-order valence-corrected chi connectivity index (χ1v) is 6.85. The van der Waals surface area contributed by atoms with Gasteiger partial charge in [0.2, 0.25) is 0 Å². The van der Waals surface area contributed by atoms with Crippen LogP contribution in [0.1, 0.15) is 39.0 Å². The van der Waals surface area contributed by atoms with Crippen LogP contribution in [0.5, 0.6) is 0 Å². The van der Waals surface area contributed by atoms with E-state index in [0.29, 0.717) is 6.10 Å². The van der Waals surface area contributed by atoms with Crippen molar-refractivity contribution in [2.75, 3.05) is 6.54 Å². The van der Waals surface area contributed by atoms with Crippen molar-refractivity contribution in [2.24, 2.45) is 29.5 Å². The molecule has 0 saturated heterocycles. The molecule has 4 fully saturated rings. The van der Waals surface area contributed by atoms with Gasteiger partial charge in [-0.3, -0.25) is 11.3 Å². The number of rotatable bonds is 4. The molecule has 92 valence electrons. The van der Waals surface area contributed by atoms with Crippen LogP contribution in [0, 0.1) is 23.7 Å². The van der Waals surface area contributed by atoms with Gasteiger partial charge in [-0.25, -0.2) is 0 Å². The molecule has 3 heteroatoms. The molecule has 4 saturated carbocycles. The van der Waals surface area contributed by atoms with Gasteiger partial charge in [0.15, 0.2) is 0 Å². The molecule has 0 amide bonds. The fourth-order valence-corrected chi connectivity index (χ4v) is 4.58. The third-order valence-corrected chi connectivity index (χ3v) is 4.93. The second-order valence-corrected chi connectivity index (χ2v) is 6.25. The van der Waals surface area contributed by atoms with E-state index in [-0.39, 0.29) is 6.10 Å². The first-order chi connectivity index (χ1) is 7.76. The van der Waals surface area contributed by atoms with Gasteiger partial charge in [0.05, 0.1) is 12.2 Å². The van der Waals surface area contributed by atoms with Crippen molar-refractivity contribution in [1.82, 2.24) is 5.43 Å². The Balaban J connectivity index is 1.63. The predicted octanol–water partition coefficient (Wildman–Crippen LogP) is 1.68. The summed E-state index contributed by atoms with van der Waals surface area (Å²) < 4.78 is 6.23. The van der Waals surface area contributed by atoms with Gasteiger partial charge in [-0.2, -0.15) is 0 Å². The van der Waals surface area contributed by atoms with Crippen molar-refractivity contribution in [3.8, 4) is 0 Å². The molecule has 4 aliphatic carbocycles. The maximum Gasteiger partial charge on any atom is 0.0689 e. The van der Waals surface area contributed by atoms with Gasteiger partial charge < -0.3 is 4.74 Å². The molecule has 4 rings (SSSR count). The Labute approximate surface area is 98.1 Å². The van der Waals surface area contributed by atoms with Crippen LogP contribution in [0.3, 0.4) is 0 Å². The normalized spacial score (nSPS) is 47.2. The van der Waals surface area contributed by atoms with E-state index in [4.69, 9.17) is 10.6 Å². The number of hydrogen-bond donors (Lipinski definition) is 2. The van der Waals surface area contributed by atoms with Crippen LogP contribution >= 0.6 is 0 Å². The van der Waals surface area contributed by atoms with Crippen LogP contribution in [-0.4, -0.2) is 18.8 Å². The highest BCUT2D eigenvalue weighted by Crippen LogP contribution is 2.54. The molecule has 0 aromatic rings. The number of hydrogen-bond acceptors (Lipinski definition) is 3. The van der Waals surface area contributed by atoms with Crippen LogP contribution < -0.4 is 11.3 Å². The van der Waals surface area contributed by atoms with Crippen LogP contribution in [0.2, 0.25) is 0 Å². The maximum absolute atomic E-state index is 6.23. The number of nitrogens with two attached hydrogens (primary N) is 1. The Morgan fingerprint density at radius 2 is 1.69 bits per heavy atom. The lowest BCUT2D eigenvalue weighted by Gasteiger charge is -2.54. The standard InChI is InChI=1S/C13H24N2O/c1-8(7-15-14)16-13-11-3-9-2-10(5-11)6-12(13)4-9/h8-13,15H,2-7,14H2,1H3. The molecular weight excluding hydrogens is 200 g/mol. The lowest BCUT2D eigenvalue weighted by Crippen LogP contribution is -2.51. The summed E-state index contributed by atoms with van der Waals surface area (Å²) in [5.41, 5.74) is 2.72. The van der Waals surface area contributed by atoms with Gasteiger partial charge in [0.1, 0.15) is 0 Å². The second-order valence-electron chi connectivity index (χ2n) is 6.25. The molecule has 0 aliphatic heterocycles. The van der Waals surface area contributed by atoms with E-state index >= 15 is 0 Å². The molecular formula is C13H24N2O. The predicted molar refractivity (Wildman–Crippen MR) is 63.6 cm³/mol. The second kappa shape index (κ2) is 4.28. The summed E-state index contributed by atoms with van der Waals surface area (Å²) in [6.45, 7) is 2.90. The highest BCUT2D eigenvalue weighted by molar-refractivity contribution is 4.99. The van der Waals surface area contributed by atoms with E-state index in [2.05, 4.69) is 12.3 Å². The SMILES string of the molecule is CC(CNN)OC1C2CC3CC(C2)CC1C3. The van der Waals surface area contributed by atoms with Crippen LogP contribution in [0.4, 0.5) is 0 Å². The molecule has 1 atom stereocenters. The van der Waals surface area contributed by atoms with Gasteiger partial charge in [0, 0.05) is 6.54 Å². The van der Waals surface area contributed by atoms with Gasteiger partial charge in [-0.1, -0.05) is 0 Å². The van der Waals surface area contributed by atoms with Crippen molar-refractivity contribution < 1.29 is 4.74 Å². The molecule has 1 unspecified atom stereocenters. The topological polar surface area (TPSA) is 47.3 Å². The minimum absolute atomic E-state index is 0.257. The number of hydrazine groups is 1. The average molecular weight is 224 g/mol. The Hall–Kier alpha value is -0.120. The Morgan fingerprint density at radius 1 is 1.12 bits per heavy atom. The summed E-state index contributed by atoms with van der Waals surface area (Å²) in [5.74, 6) is 9.13. The largest absolute Gasteiger partial charge is 0.373 e. The summed E-state index contributed by atoms with van der Waals surface area (Å²) in [7, 11) is 0. The third kappa shape index (κ3) is 1.89. The molecule has 4 aliphatic rings. The fourth-order valence-electron chi connectivity index (χ4n) is 4.58. The van der Waals surface area contributed by atoms with Gasteiger partial charge in [0.25, 0.3) is 0 Å². The molecule has 0 aromatic carbocycles. The monoisotopic (exact) mass is 224 g/mol. The Morgan fingerprint density at radius 3 is 2.19 bits per heavy atom. The third-order valence-electron chi connectivity index (χ3n) is 4.93. The van der Waals surface area contributed by atoms with E-state index in [0.717, 1.165) is 30.2 Å². The maximum atomic E-state index is 6.23. The molecule has 3 nitrogen and oxygen atoms in total. The smallest absolute Gasteiger partial charge is 0.0689 e. The lowest BCUT2D eigenvalue weighted by molar-refractivity contribution is -0.146. The fraction of sp³-hybridized carbons (Fsp3) is 1.00.